The Hall–Kier alpha value is -0.613. The van der Waals surface area contributed by atoms with Gasteiger partial charge in [-0.2, -0.15) is 0 Å². The van der Waals surface area contributed by atoms with E-state index in [2.05, 4.69) is 72.1 Å². The van der Waals surface area contributed by atoms with Gasteiger partial charge in [0.1, 0.15) is 0 Å². The Labute approximate surface area is 108 Å². The summed E-state index contributed by atoms with van der Waals surface area (Å²) in [5.74, 6) is 0. The number of halogens is 1. The van der Waals surface area contributed by atoms with Crippen molar-refractivity contribution >= 4 is 15.9 Å². The number of hydrogen-bond acceptors (Lipinski definition) is 0. The van der Waals surface area contributed by atoms with E-state index in [1.54, 1.807) is 10.4 Å². The molecule has 0 amide bonds. The van der Waals surface area contributed by atoms with Gasteiger partial charge in [0.25, 0.3) is 0 Å². The summed E-state index contributed by atoms with van der Waals surface area (Å²) in [5.41, 5.74) is -1.37. The molecule has 0 radical (unpaired) electrons. The third kappa shape index (κ3) is 2.22. The summed E-state index contributed by atoms with van der Waals surface area (Å²) in [7, 11) is 0. The van der Waals surface area contributed by atoms with Crippen LogP contribution in [0.1, 0.15) is 0 Å². The fourth-order valence-corrected chi connectivity index (χ4v) is 10.2. The van der Waals surface area contributed by atoms with Crippen molar-refractivity contribution in [3.05, 3.63) is 60.7 Å². The summed E-state index contributed by atoms with van der Waals surface area (Å²) in [6.07, 6.45) is 0. The first-order chi connectivity index (χ1) is 7.77. The van der Waals surface area contributed by atoms with Crippen LogP contribution in [0.2, 0.25) is 6.55 Å². The standard InChI is InChI=1S/C14H16ISi/c1-15-16(2,13-9-5-3-6-10-13)14-11-7-4-8-12-14/h3-12H,1-2H3/q-1. The van der Waals surface area contributed by atoms with E-state index in [-0.39, 0.29) is 20.4 Å². The average Bonchev–Trinajstić information content (AvgIpc) is 2.40. The van der Waals surface area contributed by atoms with E-state index in [1.165, 1.54) is 0 Å². The molecule has 0 bridgehead atoms. The predicted octanol–water partition coefficient (Wildman–Crippen LogP) is -0.905. The molecule has 0 saturated carbocycles. The molecule has 2 aromatic carbocycles. The van der Waals surface area contributed by atoms with Crippen molar-refractivity contribution in [3.8, 4) is 0 Å². The van der Waals surface area contributed by atoms with Gasteiger partial charge in [0, 0.05) is 0 Å². The van der Waals surface area contributed by atoms with Crippen LogP contribution in [0.15, 0.2) is 60.7 Å². The summed E-state index contributed by atoms with van der Waals surface area (Å²) in [4.78, 5) is 2.42. The predicted molar refractivity (Wildman–Crippen MR) is 69.7 cm³/mol. The van der Waals surface area contributed by atoms with Crippen LogP contribution in [0.3, 0.4) is 0 Å². The first kappa shape index (κ1) is 11.9. The van der Waals surface area contributed by atoms with E-state index in [0.717, 1.165) is 0 Å². The summed E-state index contributed by atoms with van der Waals surface area (Å²) < 4.78 is 0. The Morgan fingerprint density at radius 2 is 1.12 bits per heavy atom. The van der Waals surface area contributed by atoms with Gasteiger partial charge in [0.15, 0.2) is 0 Å². The van der Waals surface area contributed by atoms with Crippen LogP contribution in [0.4, 0.5) is 0 Å². The molecule has 0 aromatic heterocycles. The molecule has 0 fully saturated rings. The third-order valence-electron chi connectivity index (χ3n) is 3.01. The van der Waals surface area contributed by atoms with Crippen molar-refractivity contribution in [2.75, 3.05) is 4.93 Å². The van der Waals surface area contributed by atoms with Crippen LogP contribution in [0, 0.1) is 0 Å². The van der Waals surface area contributed by atoms with Crippen molar-refractivity contribution in [3.63, 3.8) is 0 Å². The van der Waals surface area contributed by atoms with Gasteiger partial charge >= 0.3 is 108 Å². The van der Waals surface area contributed by atoms with Gasteiger partial charge in [-0.1, -0.05) is 0 Å². The molecule has 0 aliphatic rings. The van der Waals surface area contributed by atoms with Crippen LogP contribution in [0.25, 0.3) is 0 Å². The Balaban J connectivity index is 2.49. The van der Waals surface area contributed by atoms with Crippen LogP contribution in [0.5, 0.6) is 0 Å². The van der Waals surface area contributed by atoms with Crippen LogP contribution in [-0.2, 0) is 0 Å². The molecule has 84 valence electrons. The monoisotopic (exact) mass is 339 g/mol. The zero-order chi connectivity index (χ0) is 11.4. The van der Waals surface area contributed by atoms with E-state index in [1.807, 2.05) is 0 Å². The maximum atomic E-state index is 2.50. The molecule has 2 aromatic rings. The average molecular weight is 339 g/mol. The van der Waals surface area contributed by atoms with Crippen molar-refractivity contribution in [2.45, 2.75) is 6.55 Å². The van der Waals surface area contributed by atoms with Gasteiger partial charge in [0.05, 0.1) is 0 Å². The number of hydrogen-bond donors (Lipinski definition) is 0. The second-order valence-corrected chi connectivity index (χ2v) is 17.2. The van der Waals surface area contributed by atoms with Crippen molar-refractivity contribution in [1.82, 2.24) is 0 Å². The fourth-order valence-electron chi connectivity index (χ4n) is 1.89. The first-order valence-corrected chi connectivity index (χ1v) is 13.2. The zero-order valence-corrected chi connectivity index (χ0v) is 12.8. The Kier molecular flexibility index (Phi) is 3.81. The van der Waals surface area contributed by atoms with E-state index in [9.17, 15) is 0 Å². The van der Waals surface area contributed by atoms with Crippen LogP contribution >= 0.6 is 0 Å². The molecule has 2 rings (SSSR count). The van der Waals surface area contributed by atoms with E-state index >= 15 is 0 Å². The molecular weight excluding hydrogens is 323 g/mol. The molecule has 0 aliphatic heterocycles. The molecule has 2 heteroatoms. The molecule has 0 nitrogen and oxygen atoms in total. The van der Waals surface area contributed by atoms with E-state index in [4.69, 9.17) is 0 Å². The van der Waals surface area contributed by atoms with Gasteiger partial charge in [-0.05, 0) is 0 Å². The van der Waals surface area contributed by atoms with Gasteiger partial charge in [-0.25, -0.2) is 0 Å². The minimum atomic E-state index is -1.37. The summed E-state index contributed by atoms with van der Waals surface area (Å²) in [6, 6.07) is 22.1. The van der Waals surface area contributed by atoms with Crippen molar-refractivity contribution < 1.29 is 20.4 Å². The second-order valence-electron chi connectivity index (χ2n) is 3.92. The van der Waals surface area contributed by atoms with Gasteiger partial charge in [-0.3, -0.25) is 0 Å². The Morgan fingerprint density at radius 3 is 1.44 bits per heavy atom. The molecule has 0 heterocycles. The number of alkyl halides is 1. The number of rotatable bonds is 3. The Morgan fingerprint density at radius 1 is 0.750 bits per heavy atom. The maximum absolute atomic E-state index is 2.50. The van der Waals surface area contributed by atoms with Crippen molar-refractivity contribution in [2.24, 2.45) is 0 Å². The number of benzene rings is 2. The molecule has 0 spiro atoms. The van der Waals surface area contributed by atoms with E-state index < -0.39 is 5.57 Å². The third-order valence-corrected chi connectivity index (χ3v) is 16.8. The quantitative estimate of drug-likeness (QED) is 0.294. The summed E-state index contributed by atoms with van der Waals surface area (Å²) >= 11 is 0.240. The Bertz CT molecular complexity index is 399. The van der Waals surface area contributed by atoms with Crippen LogP contribution < -0.4 is 30.8 Å². The molecule has 0 aliphatic carbocycles. The molecule has 16 heavy (non-hydrogen) atoms. The summed E-state index contributed by atoms with van der Waals surface area (Å²) in [6.45, 7) is 2.50. The fraction of sp³-hybridized carbons (Fsp3) is 0.143. The normalized spacial score (nSPS) is 11.6. The summed E-state index contributed by atoms with van der Waals surface area (Å²) in [5, 5.41) is 3.16. The van der Waals surface area contributed by atoms with E-state index in [0.29, 0.717) is 0 Å². The topological polar surface area (TPSA) is 0 Å². The minimum absolute atomic E-state index is 0.240. The van der Waals surface area contributed by atoms with Crippen molar-refractivity contribution in [1.29, 1.82) is 0 Å². The molecule has 0 atom stereocenters. The zero-order valence-electron chi connectivity index (χ0n) is 9.65. The molecule has 0 N–H and O–H groups in total. The molecule has 0 unspecified atom stereocenters. The SMILES string of the molecule is C[I-][Si](C)(c1ccccc1)c1ccccc1. The first-order valence-electron chi connectivity index (χ1n) is 5.39. The molecule has 0 saturated heterocycles. The molecular formula is C14H16ISi-. The van der Waals surface area contributed by atoms with Gasteiger partial charge in [0.2, 0.25) is 0 Å². The van der Waals surface area contributed by atoms with Gasteiger partial charge in [-0.15, -0.1) is 0 Å². The van der Waals surface area contributed by atoms with Crippen LogP contribution in [-0.4, -0.2) is 10.5 Å². The van der Waals surface area contributed by atoms with Gasteiger partial charge < -0.3 is 0 Å². The second kappa shape index (κ2) is 5.14.